The number of carboxylic acids is 1. The highest BCUT2D eigenvalue weighted by atomic mass is 16.4. The molecule has 0 amide bonds. The Kier molecular flexibility index (Phi) is 3.98. The molecule has 5 nitrogen and oxygen atoms in total. The predicted molar refractivity (Wildman–Crippen MR) is 85.5 cm³/mol. The van der Waals surface area contributed by atoms with Gasteiger partial charge in [0.2, 0.25) is 0 Å². The van der Waals surface area contributed by atoms with E-state index in [4.69, 9.17) is 15.8 Å². The lowest BCUT2D eigenvalue weighted by molar-refractivity contribution is -0.131. The van der Waals surface area contributed by atoms with Gasteiger partial charge in [-0.05, 0) is 43.4 Å². The SMILES string of the molecule is NC1(c2nc3cc(CC/C=C\C(=O)O)ccc3[nH]2)CCCC1. The van der Waals surface area contributed by atoms with Crippen LogP contribution in [-0.2, 0) is 16.8 Å². The van der Waals surface area contributed by atoms with Crippen molar-refractivity contribution in [2.75, 3.05) is 0 Å². The summed E-state index contributed by atoms with van der Waals surface area (Å²) in [7, 11) is 0. The van der Waals surface area contributed by atoms with Crippen LogP contribution in [0.1, 0.15) is 43.5 Å². The van der Waals surface area contributed by atoms with Gasteiger partial charge in [-0.2, -0.15) is 0 Å². The third kappa shape index (κ3) is 3.04. The number of aryl methyl sites for hydroxylation is 1. The summed E-state index contributed by atoms with van der Waals surface area (Å²) in [5, 5.41) is 8.57. The van der Waals surface area contributed by atoms with Gasteiger partial charge in [0.25, 0.3) is 0 Å². The van der Waals surface area contributed by atoms with Gasteiger partial charge in [0.05, 0.1) is 16.6 Å². The van der Waals surface area contributed by atoms with Crippen LogP contribution in [0, 0.1) is 0 Å². The Balaban J connectivity index is 1.77. The van der Waals surface area contributed by atoms with Crippen molar-refractivity contribution in [3.8, 4) is 0 Å². The van der Waals surface area contributed by atoms with E-state index in [1.807, 2.05) is 6.07 Å². The van der Waals surface area contributed by atoms with Crippen molar-refractivity contribution in [3.05, 3.63) is 41.7 Å². The quantitative estimate of drug-likeness (QED) is 0.740. The molecule has 1 aliphatic rings. The van der Waals surface area contributed by atoms with Gasteiger partial charge in [0.15, 0.2) is 0 Å². The first-order valence-corrected chi connectivity index (χ1v) is 7.74. The van der Waals surface area contributed by atoms with E-state index in [2.05, 4.69) is 17.1 Å². The lowest BCUT2D eigenvalue weighted by Crippen LogP contribution is -2.34. The van der Waals surface area contributed by atoms with Gasteiger partial charge in [-0.25, -0.2) is 9.78 Å². The van der Waals surface area contributed by atoms with Gasteiger partial charge >= 0.3 is 5.97 Å². The topological polar surface area (TPSA) is 92.0 Å². The molecular formula is C17H21N3O2. The number of H-pyrrole nitrogens is 1. The van der Waals surface area contributed by atoms with Crippen LogP contribution in [0.4, 0.5) is 0 Å². The second-order valence-electron chi connectivity index (χ2n) is 6.08. The zero-order valence-electron chi connectivity index (χ0n) is 12.5. The Morgan fingerprint density at radius 3 is 2.91 bits per heavy atom. The predicted octanol–water partition coefficient (Wildman–Crippen LogP) is 2.86. The summed E-state index contributed by atoms with van der Waals surface area (Å²) in [6.07, 6.45) is 8.66. The summed E-state index contributed by atoms with van der Waals surface area (Å²) in [6.45, 7) is 0. The summed E-state index contributed by atoms with van der Waals surface area (Å²) < 4.78 is 0. The molecule has 116 valence electrons. The van der Waals surface area contributed by atoms with E-state index in [0.717, 1.165) is 54.5 Å². The lowest BCUT2D eigenvalue weighted by atomic mass is 9.99. The molecule has 3 rings (SSSR count). The number of hydrogen-bond donors (Lipinski definition) is 3. The third-order valence-corrected chi connectivity index (χ3v) is 4.37. The number of nitrogens with one attached hydrogen (secondary N) is 1. The molecule has 0 unspecified atom stereocenters. The maximum absolute atomic E-state index is 10.4. The van der Waals surface area contributed by atoms with Crippen molar-refractivity contribution < 1.29 is 9.90 Å². The van der Waals surface area contributed by atoms with E-state index in [9.17, 15) is 4.79 Å². The molecular weight excluding hydrogens is 278 g/mol. The number of aromatic nitrogens is 2. The van der Waals surface area contributed by atoms with Crippen LogP contribution >= 0.6 is 0 Å². The highest BCUT2D eigenvalue weighted by molar-refractivity contribution is 5.79. The summed E-state index contributed by atoms with van der Waals surface area (Å²) >= 11 is 0. The highest BCUT2D eigenvalue weighted by Gasteiger charge is 2.34. The van der Waals surface area contributed by atoms with Crippen LogP contribution in [0.15, 0.2) is 30.4 Å². The number of hydrogen-bond acceptors (Lipinski definition) is 3. The molecule has 22 heavy (non-hydrogen) atoms. The molecule has 2 aromatic rings. The van der Waals surface area contributed by atoms with Gasteiger partial charge in [-0.3, -0.25) is 0 Å². The molecule has 0 aliphatic heterocycles. The average molecular weight is 299 g/mol. The molecule has 1 aromatic heterocycles. The molecule has 0 spiro atoms. The van der Waals surface area contributed by atoms with Gasteiger partial charge < -0.3 is 15.8 Å². The van der Waals surface area contributed by atoms with Gasteiger partial charge in [-0.15, -0.1) is 0 Å². The molecule has 1 fully saturated rings. The highest BCUT2D eigenvalue weighted by Crippen LogP contribution is 2.35. The summed E-state index contributed by atoms with van der Waals surface area (Å²) in [5.41, 5.74) is 9.25. The second-order valence-corrected chi connectivity index (χ2v) is 6.08. The summed E-state index contributed by atoms with van der Waals surface area (Å²) in [6, 6.07) is 6.14. The van der Waals surface area contributed by atoms with E-state index >= 15 is 0 Å². The number of allylic oxidation sites excluding steroid dienone is 1. The molecule has 4 N–H and O–H groups in total. The number of carboxylic acid groups (broad SMARTS) is 1. The molecule has 1 saturated carbocycles. The fourth-order valence-corrected chi connectivity index (χ4v) is 3.12. The van der Waals surface area contributed by atoms with Crippen LogP contribution in [0.25, 0.3) is 11.0 Å². The summed E-state index contributed by atoms with van der Waals surface area (Å²) in [5.74, 6) is -0.0138. The number of benzene rings is 1. The van der Waals surface area contributed by atoms with Crippen molar-refractivity contribution in [3.63, 3.8) is 0 Å². The first-order chi connectivity index (χ1) is 10.6. The lowest BCUT2D eigenvalue weighted by Gasteiger charge is -2.19. The number of aromatic amines is 1. The number of carbonyl (C=O) groups is 1. The Bertz CT molecular complexity index is 712. The van der Waals surface area contributed by atoms with Crippen molar-refractivity contribution in [2.24, 2.45) is 5.73 Å². The number of rotatable bonds is 5. The van der Waals surface area contributed by atoms with Gasteiger partial charge in [0.1, 0.15) is 5.82 Å². The van der Waals surface area contributed by atoms with E-state index in [1.165, 1.54) is 6.08 Å². The first kappa shape index (κ1) is 14.8. The fraction of sp³-hybridized carbons (Fsp3) is 0.412. The molecule has 1 heterocycles. The second kappa shape index (κ2) is 5.93. The number of nitrogens with two attached hydrogens (primary N) is 1. The normalized spacial score (nSPS) is 17.5. The molecule has 1 aromatic carbocycles. The number of aliphatic carboxylic acids is 1. The number of fused-ring (bicyclic) bond motifs is 1. The van der Waals surface area contributed by atoms with Crippen molar-refractivity contribution in [1.29, 1.82) is 0 Å². The van der Waals surface area contributed by atoms with Gasteiger partial charge in [-0.1, -0.05) is 25.0 Å². The van der Waals surface area contributed by atoms with Crippen molar-refractivity contribution in [1.82, 2.24) is 9.97 Å². The molecule has 5 heteroatoms. The smallest absolute Gasteiger partial charge is 0.327 e. The zero-order valence-corrected chi connectivity index (χ0v) is 12.5. The van der Waals surface area contributed by atoms with Crippen LogP contribution in [0.3, 0.4) is 0 Å². The molecule has 0 atom stereocenters. The average Bonchev–Trinajstić information content (AvgIpc) is 3.10. The fourth-order valence-electron chi connectivity index (χ4n) is 3.12. The minimum Gasteiger partial charge on any atom is -0.478 e. The molecule has 1 aliphatic carbocycles. The Morgan fingerprint density at radius 2 is 2.18 bits per heavy atom. The van der Waals surface area contributed by atoms with E-state index in [1.54, 1.807) is 6.08 Å². The Hall–Kier alpha value is -2.14. The van der Waals surface area contributed by atoms with E-state index < -0.39 is 5.97 Å². The maximum atomic E-state index is 10.4. The van der Waals surface area contributed by atoms with E-state index in [0.29, 0.717) is 6.42 Å². The van der Waals surface area contributed by atoms with Crippen molar-refractivity contribution >= 4 is 17.0 Å². The van der Waals surface area contributed by atoms with Crippen molar-refractivity contribution in [2.45, 2.75) is 44.1 Å². The Labute approximate surface area is 129 Å². The van der Waals surface area contributed by atoms with Crippen LogP contribution in [-0.4, -0.2) is 21.0 Å². The monoisotopic (exact) mass is 299 g/mol. The van der Waals surface area contributed by atoms with Crippen LogP contribution in [0.2, 0.25) is 0 Å². The first-order valence-electron chi connectivity index (χ1n) is 7.74. The molecule has 0 saturated heterocycles. The maximum Gasteiger partial charge on any atom is 0.327 e. The number of imidazole rings is 1. The Morgan fingerprint density at radius 1 is 1.41 bits per heavy atom. The standard InChI is InChI=1S/C17H21N3O2/c18-17(9-3-4-10-17)16-19-13-8-7-12(11-14(13)20-16)5-1-2-6-15(21)22/h2,6-8,11H,1,3-5,9-10,18H2,(H,19,20)(H,21,22)/b6-2-. The minimum absolute atomic E-state index is 0.302. The van der Waals surface area contributed by atoms with Gasteiger partial charge in [0, 0.05) is 6.08 Å². The van der Waals surface area contributed by atoms with E-state index in [-0.39, 0.29) is 5.54 Å². The van der Waals surface area contributed by atoms with Crippen LogP contribution < -0.4 is 5.73 Å². The minimum atomic E-state index is -0.905. The zero-order chi connectivity index (χ0) is 15.6. The van der Waals surface area contributed by atoms with Crippen LogP contribution in [0.5, 0.6) is 0 Å². The number of nitrogens with zero attached hydrogens (tertiary/aromatic N) is 1. The molecule has 0 radical (unpaired) electrons. The summed E-state index contributed by atoms with van der Waals surface area (Å²) in [4.78, 5) is 18.5. The third-order valence-electron chi connectivity index (χ3n) is 4.37. The largest absolute Gasteiger partial charge is 0.478 e. The molecule has 0 bridgehead atoms.